The molecule has 0 aliphatic carbocycles. The van der Waals surface area contributed by atoms with Gasteiger partial charge in [0.2, 0.25) is 11.8 Å². The van der Waals surface area contributed by atoms with Crippen LogP contribution in [0.4, 0.5) is 5.69 Å². The number of anilines is 1. The lowest BCUT2D eigenvalue weighted by molar-refractivity contribution is -0.116. The van der Waals surface area contributed by atoms with Crippen molar-refractivity contribution in [3.05, 3.63) is 102 Å². The Morgan fingerprint density at radius 3 is 2.49 bits per heavy atom. The number of para-hydroxylation sites is 1. The Hall–Kier alpha value is -4.65. The van der Waals surface area contributed by atoms with Gasteiger partial charge in [0, 0.05) is 42.6 Å². The van der Waals surface area contributed by atoms with Gasteiger partial charge in [0.1, 0.15) is 5.75 Å². The second kappa shape index (κ2) is 11.0. The summed E-state index contributed by atoms with van der Waals surface area (Å²) in [6.07, 6.45) is 5.15. The van der Waals surface area contributed by atoms with Crippen LogP contribution in [-0.4, -0.2) is 28.7 Å². The van der Waals surface area contributed by atoms with Gasteiger partial charge in [-0.1, -0.05) is 30.3 Å². The highest BCUT2D eigenvalue weighted by atomic mass is 16.5. The van der Waals surface area contributed by atoms with E-state index in [-0.39, 0.29) is 11.8 Å². The molecular weight excluding hydrogens is 440 g/mol. The average Bonchev–Trinajstić information content (AvgIpc) is 3.31. The minimum atomic E-state index is -0.233. The number of carbonyl (C=O) groups is 2. The van der Waals surface area contributed by atoms with E-state index in [0.717, 1.165) is 33.8 Å². The quantitative estimate of drug-likeness (QED) is 0.364. The highest BCUT2D eigenvalue weighted by Crippen LogP contribution is 2.26. The van der Waals surface area contributed by atoms with E-state index in [0.29, 0.717) is 12.2 Å². The number of methoxy groups -OCH3 is 1. The van der Waals surface area contributed by atoms with Crippen LogP contribution in [-0.2, 0) is 16.1 Å². The third kappa shape index (κ3) is 6.23. The lowest BCUT2D eigenvalue weighted by atomic mass is 10.1. The second-order valence-electron chi connectivity index (χ2n) is 7.87. The Labute approximate surface area is 204 Å². The Morgan fingerprint density at radius 2 is 1.77 bits per heavy atom. The van der Waals surface area contributed by atoms with Gasteiger partial charge in [0.15, 0.2) is 0 Å². The molecule has 0 saturated carbocycles. The van der Waals surface area contributed by atoms with Gasteiger partial charge in [-0.05, 0) is 60.2 Å². The van der Waals surface area contributed by atoms with Gasteiger partial charge in [-0.2, -0.15) is 5.10 Å². The molecule has 176 valence electrons. The van der Waals surface area contributed by atoms with Crippen molar-refractivity contribution < 1.29 is 14.3 Å². The van der Waals surface area contributed by atoms with E-state index in [9.17, 15) is 9.59 Å². The van der Waals surface area contributed by atoms with Gasteiger partial charge in [0.25, 0.3) is 0 Å². The number of benzene rings is 3. The summed E-state index contributed by atoms with van der Waals surface area (Å²) in [4.78, 5) is 23.8. The Bertz CT molecular complexity index is 1340. The van der Waals surface area contributed by atoms with Crippen molar-refractivity contribution in [3.63, 3.8) is 0 Å². The highest BCUT2D eigenvalue weighted by Gasteiger charge is 2.11. The lowest BCUT2D eigenvalue weighted by Gasteiger charge is -2.06. The van der Waals surface area contributed by atoms with Crippen LogP contribution < -0.4 is 15.4 Å². The van der Waals surface area contributed by atoms with E-state index in [1.165, 1.54) is 13.0 Å². The van der Waals surface area contributed by atoms with Crippen molar-refractivity contribution in [2.75, 3.05) is 12.4 Å². The zero-order valence-corrected chi connectivity index (χ0v) is 19.6. The molecule has 0 fully saturated rings. The summed E-state index contributed by atoms with van der Waals surface area (Å²) in [6.45, 7) is 1.80. The number of rotatable bonds is 8. The molecule has 2 amide bonds. The molecule has 7 heteroatoms. The summed E-state index contributed by atoms with van der Waals surface area (Å²) in [5.41, 5.74) is 4.97. The third-order valence-electron chi connectivity index (χ3n) is 5.26. The molecule has 1 heterocycles. The van der Waals surface area contributed by atoms with Gasteiger partial charge in [-0.15, -0.1) is 0 Å². The standard InChI is InChI=1S/C28H26N4O3/c1-20(33)30-24-8-6-7-21(17-24)18-29-27(34)16-13-23-19-32(25-9-4-3-5-10-25)31-28(23)22-11-14-26(35-2)15-12-22/h3-17,19H,18H2,1-2H3,(H,29,34)(H,30,33)/b16-13+. The molecule has 4 aromatic rings. The van der Waals surface area contributed by atoms with Crippen molar-refractivity contribution in [2.24, 2.45) is 0 Å². The molecule has 0 atom stereocenters. The van der Waals surface area contributed by atoms with Crippen molar-refractivity contribution in [2.45, 2.75) is 13.5 Å². The highest BCUT2D eigenvalue weighted by molar-refractivity contribution is 5.93. The maximum Gasteiger partial charge on any atom is 0.244 e. The fourth-order valence-electron chi connectivity index (χ4n) is 3.57. The number of hydrogen-bond acceptors (Lipinski definition) is 4. The minimum Gasteiger partial charge on any atom is -0.497 e. The van der Waals surface area contributed by atoms with Crippen LogP contribution in [0.1, 0.15) is 18.1 Å². The summed E-state index contributed by atoms with van der Waals surface area (Å²) in [5.74, 6) is 0.385. The smallest absolute Gasteiger partial charge is 0.244 e. The zero-order valence-electron chi connectivity index (χ0n) is 19.6. The Balaban J connectivity index is 1.53. The van der Waals surface area contributed by atoms with Crippen LogP contribution in [0.5, 0.6) is 5.75 Å². The monoisotopic (exact) mass is 466 g/mol. The van der Waals surface area contributed by atoms with Gasteiger partial charge in [-0.25, -0.2) is 4.68 Å². The minimum absolute atomic E-state index is 0.141. The van der Waals surface area contributed by atoms with E-state index in [1.807, 2.05) is 79.0 Å². The summed E-state index contributed by atoms with van der Waals surface area (Å²) in [7, 11) is 1.63. The molecule has 7 nitrogen and oxygen atoms in total. The van der Waals surface area contributed by atoms with E-state index >= 15 is 0 Å². The molecule has 35 heavy (non-hydrogen) atoms. The van der Waals surface area contributed by atoms with Crippen LogP contribution in [0.2, 0.25) is 0 Å². The normalized spacial score (nSPS) is 10.8. The van der Waals surface area contributed by atoms with Gasteiger partial charge < -0.3 is 15.4 Å². The maximum atomic E-state index is 12.5. The fourth-order valence-corrected chi connectivity index (χ4v) is 3.57. The first kappa shape index (κ1) is 23.5. The number of nitrogens with one attached hydrogen (secondary N) is 2. The number of carbonyl (C=O) groups excluding carboxylic acids is 2. The summed E-state index contributed by atoms with van der Waals surface area (Å²) < 4.78 is 7.06. The van der Waals surface area contributed by atoms with E-state index < -0.39 is 0 Å². The topological polar surface area (TPSA) is 85.2 Å². The first-order valence-electron chi connectivity index (χ1n) is 11.1. The molecule has 0 saturated heterocycles. The molecule has 0 bridgehead atoms. The third-order valence-corrected chi connectivity index (χ3v) is 5.26. The van der Waals surface area contributed by atoms with Gasteiger partial charge in [-0.3, -0.25) is 9.59 Å². The van der Waals surface area contributed by atoms with Crippen LogP contribution in [0.3, 0.4) is 0 Å². The first-order valence-corrected chi connectivity index (χ1v) is 11.1. The van der Waals surface area contributed by atoms with E-state index in [1.54, 1.807) is 23.9 Å². The molecule has 3 aromatic carbocycles. The van der Waals surface area contributed by atoms with Crippen LogP contribution >= 0.6 is 0 Å². The van der Waals surface area contributed by atoms with Crippen molar-refractivity contribution in [1.29, 1.82) is 0 Å². The summed E-state index contributed by atoms with van der Waals surface area (Å²) >= 11 is 0. The molecule has 0 unspecified atom stereocenters. The number of hydrogen-bond donors (Lipinski definition) is 2. The van der Waals surface area contributed by atoms with E-state index in [2.05, 4.69) is 10.6 Å². The van der Waals surface area contributed by atoms with Crippen LogP contribution in [0.15, 0.2) is 91.1 Å². The van der Waals surface area contributed by atoms with Crippen molar-refractivity contribution >= 4 is 23.6 Å². The molecule has 0 spiro atoms. The van der Waals surface area contributed by atoms with Crippen molar-refractivity contribution in [3.8, 4) is 22.7 Å². The van der Waals surface area contributed by atoms with Crippen LogP contribution in [0.25, 0.3) is 23.0 Å². The summed E-state index contributed by atoms with van der Waals surface area (Å²) in [5, 5.41) is 10.4. The number of ether oxygens (including phenoxy) is 1. The zero-order chi connectivity index (χ0) is 24.6. The SMILES string of the molecule is COc1ccc(-c2nn(-c3ccccc3)cc2/C=C/C(=O)NCc2cccc(NC(C)=O)c2)cc1. The first-order chi connectivity index (χ1) is 17.0. The Kier molecular flexibility index (Phi) is 7.37. The largest absolute Gasteiger partial charge is 0.497 e. The second-order valence-corrected chi connectivity index (χ2v) is 7.87. The van der Waals surface area contributed by atoms with Crippen LogP contribution in [0, 0.1) is 0 Å². The predicted octanol–water partition coefficient (Wildman–Crippen LogP) is 4.84. The lowest BCUT2D eigenvalue weighted by Crippen LogP contribution is -2.20. The molecule has 0 radical (unpaired) electrons. The fraction of sp³-hybridized carbons (Fsp3) is 0.107. The number of aromatic nitrogens is 2. The molecular formula is C28H26N4O3. The van der Waals surface area contributed by atoms with E-state index in [4.69, 9.17) is 9.84 Å². The maximum absolute atomic E-state index is 12.5. The Morgan fingerprint density at radius 1 is 1.00 bits per heavy atom. The van der Waals surface area contributed by atoms with Gasteiger partial charge in [0.05, 0.1) is 18.5 Å². The average molecular weight is 467 g/mol. The number of amides is 2. The summed E-state index contributed by atoms with van der Waals surface area (Å²) in [6, 6.07) is 24.8. The molecule has 0 aliphatic heterocycles. The number of nitrogens with zero attached hydrogens (tertiary/aromatic N) is 2. The van der Waals surface area contributed by atoms with Gasteiger partial charge >= 0.3 is 0 Å². The van der Waals surface area contributed by atoms with Crippen molar-refractivity contribution in [1.82, 2.24) is 15.1 Å². The molecule has 0 aliphatic rings. The molecule has 1 aromatic heterocycles. The predicted molar refractivity (Wildman–Crippen MR) is 137 cm³/mol. The molecule has 2 N–H and O–H groups in total. The molecule has 4 rings (SSSR count).